The quantitative estimate of drug-likeness (QED) is 0.919. The predicted molar refractivity (Wildman–Crippen MR) is 75.0 cm³/mol. The van der Waals surface area contributed by atoms with Crippen molar-refractivity contribution in [3.8, 4) is 11.1 Å². The molecule has 0 fully saturated rings. The lowest BCUT2D eigenvalue weighted by Gasteiger charge is -2.11. The fourth-order valence-electron chi connectivity index (χ4n) is 1.68. The number of para-hydroxylation sites is 1. The highest BCUT2D eigenvalue weighted by molar-refractivity contribution is 7.92. The molecule has 0 aromatic heterocycles. The van der Waals surface area contributed by atoms with Crippen molar-refractivity contribution in [2.24, 2.45) is 0 Å². The second kappa shape index (κ2) is 5.23. The molecule has 94 valence electrons. The number of nitrogens with one attached hydrogen (secondary N) is 1. The van der Waals surface area contributed by atoms with Crippen LogP contribution in [0, 0.1) is 0 Å². The van der Waals surface area contributed by atoms with Gasteiger partial charge < -0.3 is 0 Å². The molecule has 0 saturated carbocycles. The Morgan fingerprint density at radius 1 is 0.944 bits per heavy atom. The van der Waals surface area contributed by atoms with Crippen LogP contribution in [0.15, 0.2) is 54.6 Å². The van der Waals surface area contributed by atoms with Crippen molar-refractivity contribution in [1.29, 1.82) is 0 Å². The molecule has 3 nitrogen and oxygen atoms in total. The van der Waals surface area contributed by atoms with Gasteiger partial charge in [0.05, 0.1) is 11.4 Å². The summed E-state index contributed by atoms with van der Waals surface area (Å²) < 4.78 is 25.9. The molecular formula is C14H15NO2S. The van der Waals surface area contributed by atoms with Gasteiger partial charge in [0, 0.05) is 5.56 Å². The Balaban J connectivity index is 2.44. The number of anilines is 1. The molecule has 0 amide bonds. The Bertz CT molecular complexity index is 621. The number of hydrogen-bond donors (Lipinski definition) is 1. The summed E-state index contributed by atoms with van der Waals surface area (Å²) in [6.07, 6.45) is 0. The summed E-state index contributed by atoms with van der Waals surface area (Å²) in [6, 6.07) is 17.1. The standard InChI is InChI=1S/C14H15NO2S/c1-2-18(16,17)15-14-11-7-6-10-13(14)12-8-4-3-5-9-12/h3-11,15H,2H2,1H3. The molecule has 0 bridgehead atoms. The van der Waals surface area contributed by atoms with Crippen LogP contribution in [0.4, 0.5) is 5.69 Å². The Morgan fingerprint density at radius 3 is 2.22 bits per heavy atom. The maximum absolute atomic E-state index is 11.6. The molecule has 18 heavy (non-hydrogen) atoms. The molecule has 0 heterocycles. The number of rotatable bonds is 4. The lowest BCUT2D eigenvalue weighted by molar-refractivity contribution is 0.602. The number of benzene rings is 2. The van der Waals surface area contributed by atoms with Crippen molar-refractivity contribution in [3.63, 3.8) is 0 Å². The maximum atomic E-state index is 11.6. The van der Waals surface area contributed by atoms with Crippen molar-refractivity contribution in [2.75, 3.05) is 10.5 Å². The average Bonchev–Trinajstić information content (AvgIpc) is 2.40. The van der Waals surface area contributed by atoms with E-state index < -0.39 is 10.0 Å². The van der Waals surface area contributed by atoms with Crippen molar-refractivity contribution in [3.05, 3.63) is 54.6 Å². The SMILES string of the molecule is CCS(=O)(=O)Nc1ccccc1-c1ccccc1. The third kappa shape index (κ3) is 2.90. The first kappa shape index (κ1) is 12.6. The van der Waals surface area contributed by atoms with E-state index in [1.54, 1.807) is 13.0 Å². The Labute approximate surface area is 108 Å². The van der Waals surface area contributed by atoms with Crippen LogP contribution in [0.3, 0.4) is 0 Å². The Hall–Kier alpha value is -1.81. The summed E-state index contributed by atoms with van der Waals surface area (Å²) in [7, 11) is -3.25. The fraction of sp³-hybridized carbons (Fsp3) is 0.143. The summed E-state index contributed by atoms with van der Waals surface area (Å²) in [5.74, 6) is 0.0656. The minimum atomic E-state index is -3.25. The van der Waals surface area contributed by atoms with Crippen LogP contribution in [-0.2, 0) is 10.0 Å². The monoisotopic (exact) mass is 261 g/mol. The molecule has 0 unspecified atom stereocenters. The first-order valence-corrected chi connectivity index (χ1v) is 7.42. The van der Waals surface area contributed by atoms with E-state index in [4.69, 9.17) is 0 Å². The highest BCUT2D eigenvalue weighted by atomic mass is 32.2. The second-order valence-electron chi connectivity index (χ2n) is 3.92. The van der Waals surface area contributed by atoms with E-state index >= 15 is 0 Å². The summed E-state index contributed by atoms with van der Waals surface area (Å²) in [6.45, 7) is 1.62. The van der Waals surface area contributed by atoms with Gasteiger partial charge in [0.1, 0.15) is 0 Å². The minimum absolute atomic E-state index is 0.0656. The molecule has 1 N–H and O–H groups in total. The van der Waals surface area contributed by atoms with Crippen LogP contribution >= 0.6 is 0 Å². The van der Waals surface area contributed by atoms with Crippen LogP contribution in [0.25, 0.3) is 11.1 Å². The van der Waals surface area contributed by atoms with Gasteiger partial charge in [0.2, 0.25) is 10.0 Å². The highest BCUT2D eigenvalue weighted by Gasteiger charge is 2.10. The predicted octanol–water partition coefficient (Wildman–Crippen LogP) is 3.12. The second-order valence-corrected chi connectivity index (χ2v) is 5.93. The molecule has 2 rings (SSSR count). The van der Waals surface area contributed by atoms with Gasteiger partial charge in [-0.3, -0.25) is 4.72 Å². The van der Waals surface area contributed by atoms with E-state index in [2.05, 4.69) is 4.72 Å². The molecule has 2 aromatic carbocycles. The zero-order valence-electron chi connectivity index (χ0n) is 10.1. The third-order valence-electron chi connectivity index (χ3n) is 2.66. The van der Waals surface area contributed by atoms with Crippen molar-refractivity contribution in [2.45, 2.75) is 6.92 Å². The lowest BCUT2D eigenvalue weighted by Crippen LogP contribution is -2.15. The zero-order valence-corrected chi connectivity index (χ0v) is 10.9. The first-order valence-electron chi connectivity index (χ1n) is 5.77. The fourth-order valence-corrected chi connectivity index (χ4v) is 2.34. The van der Waals surface area contributed by atoms with Crippen LogP contribution < -0.4 is 4.72 Å². The summed E-state index contributed by atoms with van der Waals surface area (Å²) in [4.78, 5) is 0. The lowest BCUT2D eigenvalue weighted by atomic mass is 10.0. The van der Waals surface area contributed by atoms with Gasteiger partial charge in [-0.15, -0.1) is 0 Å². The maximum Gasteiger partial charge on any atom is 0.232 e. The van der Waals surface area contributed by atoms with Gasteiger partial charge in [-0.2, -0.15) is 0 Å². The van der Waals surface area contributed by atoms with Crippen LogP contribution in [0.1, 0.15) is 6.92 Å². The van der Waals surface area contributed by atoms with Crippen LogP contribution in [-0.4, -0.2) is 14.2 Å². The average molecular weight is 261 g/mol. The molecule has 0 spiro atoms. The van der Waals surface area contributed by atoms with Crippen molar-refractivity contribution < 1.29 is 8.42 Å². The van der Waals surface area contributed by atoms with Crippen LogP contribution in [0.2, 0.25) is 0 Å². The van der Waals surface area contributed by atoms with E-state index in [1.165, 1.54) is 0 Å². The van der Waals surface area contributed by atoms with E-state index in [9.17, 15) is 8.42 Å². The number of sulfonamides is 1. The van der Waals surface area contributed by atoms with E-state index in [-0.39, 0.29) is 5.75 Å². The van der Waals surface area contributed by atoms with Gasteiger partial charge in [-0.05, 0) is 18.6 Å². The number of hydrogen-bond acceptors (Lipinski definition) is 2. The van der Waals surface area contributed by atoms with Gasteiger partial charge in [0.15, 0.2) is 0 Å². The smallest absolute Gasteiger partial charge is 0.232 e. The van der Waals surface area contributed by atoms with Crippen molar-refractivity contribution >= 4 is 15.7 Å². The molecular weight excluding hydrogens is 246 g/mol. The zero-order chi connectivity index (χ0) is 13.0. The molecule has 0 saturated heterocycles. The molecule has 0 aliphatic carbocycles. The molecule has 0 radical (unpaired) electrons. The van der Waals surface area contributed by atoms with Gasteiger partial charge in [0.25, 0.3) is 0 Å². The van der Waals surface area contributed by atoms with Gasteiger partial charge in [-0.1, -0.05) is 48.5 Å². The minimum Gasteiger partial charge on any atom is -0.283 e. The summed E-state index contributed by atoms with van der Waals surface area (Å²) in [5.41, 5.74) is 2.49. The van der Waals surface area contributed by atoms with E-state index in [1.807, 2.05) is 48.5 Å². The third-order valence-corrected chi connectivity index (χ3v) is 3.95. The Morgan fingerprint density at radius 2 is 1.56 bits per heavy atom. The van der Waals surface area contributed by atoms with Gasteiger partial charge in [-0.25, -0.2) is 8.42 Å². The normalized spacial score (nSPS) is 11.2. The summed E-state index contributed by atoms with van der Waals surface area (Å²) >= 11 is 0. The summed E-state index contributed by atoms with van der Waals surface area (Å²) in [5, 5.41) is 0. The van der Waals surface area contributed by atoms with Crippen LogP contribution in [0.5, 0.6) is 0 Å². The van der Waals surface area contributed by atoms with E-state index in [0.717, 1.165) is 11.1 Å². The molecule has 4 heteroatoms. The first-order chi connectivity index (χ1) is 8.62. The molecule has 2 aromatic rings. The highest BCUT2D eigenvalue weighted by Crippen LogP contribution is 2.28. The molecule has 0 aliphatic rings. The van der Waals surface area contributed by atoms with Gasteiger partial charge >= 0.3 is 0 Å². The Kier molecular flexibility index (Phi) is 3.67. The van der Waals surface area contributed by atoms with E-state index in [0.29, 0.717) is 5.69 Å². The molecule has 0 atom stereocenters. The largest absolute Gasteiger partial charge is 0.283 e. The topological polar surface area (TPSA) is 46.2 Å². The molecule has 0 aliphatic heterocycles. The van der Waals surface area contributed by atoms with Crippen molar-refractivity contribution in [1.82, 2.24) is 0 Å².